The van der Waals surface area contributed by atoms with E-state index in [9.17, 15) is 4.79 Å². The van der Waals surface area contributed by atoms with Crippen LogP contribution < -0.4 is 5.73 Å². The summed E-state index contributed by atoms with van der Waals surface area (Å²) in [6, 6.07) is 7.27. The fourth-order valence-corrected chi connectivity index (χ4v) is 1.54. The van der Waals surface area contributed by atoms with Crippen LogP contribution in [0.2, 0.25) is 0 Å². The Balaban J connectivity index is 2.81. The van der Waals surface area contributed by atoms with Crippen molar-refractivity contribution in [2.45, 2.75) is 4.90 Å². The molecule has 0 bridgehead atoms. The highest BCUT2D eigenvalue weighted by Gasteiger charge is 2.14. The summed E-state index contributed by atoms with van der Waals surface area (Å²) in [6.45, 7) is 0. The molecule has 3 nitrogen and oxygen atoms in total. The van der Waals surface area contributed by atoms with E-state index < -0.39 is 5.91 Å². The number of primary amides is 1. The van der Waals surface area contributed by atoms with Crippen molar-refractivity contribution in [1.82, 2.24) is 0 Å². The van der Waals surface area contributed by atoms with Crippen LogP contribution in [0, 0.1) is 0 Å². The third kappa shape index (κ3) is 1.19. The maximum Gasteiger partial charge on any atom is 0.285 e. The molecule has 0 atom stereocenters. The van der Waals surface area contributed by atoms with Crippen molar-refractivity contribution >= 4 is 29.5 Å². The van der Waals surface area contributed by atoms with E-state index in [0.29, 0.717) is 10.5 Å². The summed E-state index contributed by atoms with van der Waals surface area (Å²) >= 11 is 4.16. The van der Waals surface area contributed by atoms with Gasteiger partial charge in [-0.1, -0.05) is 12.1 Å². The third-order valence-corrected chi connectivity index (χ3v) is 2.24. The molecule has 0 aliphatic heterocycles. The summed E-state index contributed by atoms with van der Waals surface area (Å²) in [4.78, 5) is 11.4. The minimum absolute atomic E-state index is 0.115. The van der Waals surface area contributed by atoms with Gasteiger partial charge in [-0.25, -0.2) is 0 Å². The zero-order chi connectivity index (χ0) is 9.42. The third-order valence-electron chi connectivity index (χ3n) is 1.79. The number of fused-ring (bicyclic) bond motifs is 1. The Bertz CT molecular complexity index is 475. The molecule has 0 aliphatic rings. The Kier molecular flexibility index (Phi) is 1.77. The number of hydrogen-bond donors (Lipinski definition) is 2. The van der Waals surface area contributed by atoms with Crippen LogP contribution in [0.1, 0.15) is 10.6 Å². The van der Waals surface area contributed by atoms with Gasteiger partial charge in [0.15, 0.2) is 0 Å². The van der Waals surface area contributed by atoms with Crippen LogP contribution in [0.3, 0.4) is 0 Å². The first-order chi connectivity index (χ1) is 6.20. The van der Waals surface area contributed by atoms with Gasteiger partial charge in [-0.15, -0.1) is 12.6 Å². The molecule has 1 heterocycles. The van der Waals surface area contributed by atoms with Gasteiger partial charge in [0.1, 0.15) is 5.58 Å². The molecule has 0 saturated carbocycles. The van der Waals surface area contributed by atoms with Gasteiger partial charge >= 0.3 is 0 Å². The molecule has 0 radical (unpaired) electrons. The zero-order valence-corrected chi connectivity index (χ0v) is 7.54. The van der Waals surface area contributed by atoms with Crippen molar-refractivity contribution in [2.24, 2.45) is 5.73 Å². The molecule has 0 saturated heterocycles. The van der Waals surface area contributed by atoms with Gasteiger partial charge in [-0.3, -0.25) is 4.79 Å². The second kappa shape index (κ2) is 2.81. The molecule has 4 heteroatoms. The minimum atomic E-state index is -0.596. The van der Waals surface area contributed by atoms with E-state index >= 15 is 0 Å². The molecular formula is C9H7NO2S. The monoisotopic (exact) mass is 193 g/mol. The van der Waals surface area contributed by atoms with Gasteiger partial charge in [0.25, 0.3) is 5.91 Å². The summed E-state index contributed by atoms with van der Waals surface area (Å²) in [5.74, 6) is -0.481. The van der Waals surface area contributed by atoms with Crippen molar-refractivity contribution in [2.75, 3.05) is 0 Å². The normalized spacial score (nSPS) is 10.5. The molecule has 0 spiro atoms. The number of nitrogens with two attached hydrogens (primary N) is 1. The Morgan fingerprint density at radius 2 is 2.08 bits per heavy atom. The largest absolute Gasteiger partial charge is 0.450 e. The summed E-state index contributed by atoms with van der Waals surface area (Å²) in [6.07, 6.45) is 0. The number of rotatable bonds is 1. The number of para-hydroxylation sites is 1. The zero-order valence-electron chi connectivity index (χ0n) is 6.65. The Hall–Kier alpha value is -1.42. The van der Waals surface area contributed by atoms with Crippen LogP contribution in [-0.2, 0) is 0 Å². The van der Waals surface area contributed by atoms with E-state index in [-0.39, 0.29) is 5.76 Å². The van der Waals surface area contributed by atoms with Gasteiger partial charge in [0, 0.05) is 5.39 Å². The van der Waals surface area contributed by atoms with Gasteiger partial charge < -0.3 is 10.2 Å². The van der Waals surface area contributed by atoms with Crippen molar-refractivity contribution in [1.29, 1.82) is 0 Å². The topological polar surface area (TPSA) is 56.2 Å². The van der Waals surface area contributed by atoms with Crippen LogP contribution in [0.25, 0.3) is 11.0 Å². The van der Waals surface area contributed by atoms with E-state index in [1.54, 1.807) is 6.07 Å². The van der Waals surface area contributed by atoms with Crippen LogP contribution in [0.15, 0.2) is 33.6 Å². The van der Waals surface area contributed by atoms with E-state index in [2.05, 4.69) is 12.6 Å². The summed E-state index contributed by atoms with van der Waals surface area (Å²) in [5, 5.41) is 0.805. The summed E-state index contributed by atoms with van der Waals surface area (Å²) in [5.41, 5.74) is 5.72. The molecule has 2 N–H and O–H groups in total. The van der Waals surface area contributed by atoms with Gasteiger partial charge in [-0.05, 0) is 12.1 Å². The molecule has 0 aliphatic carbocycles. The lowest BCUT2D eigenvalue weighted by molar-refractivity contribution is 0.0972. The molecule has 0 unspecified atom stereocenters. The fraction of sp³-hybridized carbons (Fsp3) is 0. The van der Waals surface area contributed by atoms with Crippen molar-refractivity contribution in [3.8, 4) is 0 Å². The Morgan fingerprint density at radius 3 is 2.69 bits per heavy atom. The number of furan rings is 1. The number of thiol groups is 1. The number of carbonyl (C=O) groups is 1. The first kappa shape index (κ1) is 8.19. The second-order valence-corrected chi connectivity index (χ2v) is 3.09. The standard InChI is InChI=1S/C9H7NO2S/c10-9(11)7-8(13)5-3-1-2-4-6(5)12-7/h1-4,13H,(H2,10,11). The second-order valence-electron chi connectivity index (χ2n) is 2.64. The van der Waals surface area contributed by atoms with E-state index in [0.717, 1.165) is 5.39 Å². The quantitative estimate of drug-likeness (QED) is 0.679. The highest BCUT2D eigenvalue weighted by Crippen LogP contribution is 2.28. The molecular weight excluding hydrogens is 186 g/mol. The molecule has 1 aromatic carbocycles. The molecule has 0 fully saturated rings. The molecule has 13 heavy (non-hydrogen) atoms. The molecule has 1 amide bonds. The average Bonchev–Trinajstić information content (AvgIpc) is 2.45. The predicted octanol–water partition coefficient (Wildman–Crippen LogP) is 1.82. The fourth-order valence-electron chi connectivity index (χ4n) is 1.20. The van der Waals surface area contributed by atoms with Crippen molar-refractivity contribution in [3.05, 3.63) is 30.0 Å². The first-order valence-electron chi connectivity index (χ1n) is 3.70. The number of benzene rings is 1. The maximum atomic E-state index is 10.9. The number of carbonyl (C=O) groups excluding carboxylic acids is 1. The predicted molar refractivity (Wildman–Crippen MR) is 52.0 cm³/mol. The van der Waals surface area contributed by atoms with Crippen molar-refractivity contribution in [3.63, 3.8) is 0 Å². The Morgan fingerprint density at radius 1 is 1.38 bits per heavy atom. The minimum Gasteiger partial charge on any atom is -0.450 e. The summed E-state index contributed by atoms with van der Waals surface area (Å²) < 4.78 is 5.21. The van der Waals surface area contributed by atoms with E-state index in [4.69, 9.17) is 10.2 Å². The van der Waals surface area contributed by atoms with Crippen molar-refractivity contribution < 1.29 is 9.21 Å². The van der Waals surface area contributed by atoms with Gasteiger partial charge in [-0.2, -0.15) is 0 Å². The molecule has 2 rings (SSSR count). The maximum absolute atomic E-state index is 10.9. The molecule has 2 aromatic rings. The van der Waals surface area contributed by atoms with E-state index in [1.165, 1.54) is 0 Å². The van der Waals surface area contributed by atoms with Crippen LogP contribution >= 0.6 is 12.6 Å². The summed E-state index contributed by atoms with van der Waals surface area (Å²) in [7, 11) is 0. The molecule has 66 valence electrons. The lowest BCUT2D eigenvalue weighted by atomic mass is 10.2. The van der Waals surface area contributed by atoms with Gasteiger partial charge in [0.05, 0.1) is 4.90 Å². The highest BCUT2D eigenvalue weighted by molar-refractivity contribution is 7.80. The smallest absolute Gasteiger partial charge is 0.285 e. The first-order valence-corrected chi connectivity index (χ1v) is 4.15. The Labute approximate surface area is 79.9 Å². The van der Waals surface area contributed by atoms with Crippen LogP contribution in [0.4, 0.5) is 0 Å². The van der Waals surface area contributed by atoms with Gasteiger partial charge in [0.2, 0.25) is 5.76 Å². The van der Waals surface area contributed by atoms with Crippen LogP contribution in [0.5, 0.6) is 0 Å². The number of hydrogen-bond acceptors (Lipinski definition) is 3. The van der Waals surface area contributed by atoms with Crippen LogP contribution in [-0.4, -0.2) is 5.91 Å². The average molecular weight is 193 g/mol. The highest BCUT2D eigenvalue weighted by atomic mass is 32.1. The number of amides is 1. The SMILES string of the molecule is NC(=O)c1oc2ccccc2c1S. The lowest BCUT2D eigenvalue weighted by Crippen LogP contribution is -2.10. The molecule has 1 aromatic heterocycles. The van der Waals surface area contributed by atoms with E-state index in [1.807, 2.05) is 18.2 Å². The lowest BCUT2D eigenvalue weighted by Gasteiger charge is -1.87.